The van der Waals surface area contributed by atoms with Crippen molar-refractivity contribution in [2.45, 2.75) is 13.0 Å². The number of benzene rings is 1. The molecule has 5 heteroatoms. The minimum Gasteiger partial charge on any atom is -0.469 e. The van der Waals surface area contributed by atoms with Crippen LogP contribution in [0.1, 0.15) is 12.0 Å². The maximum absolute atomic E-state index is 11.6. The number of ether oxygens (including phenoxy) is 1. The minimum absolute atomic E-state index is 0.0235. The fourth-order valence-electron chi connectivity index (χ4n) is 2.88. The summed E-state index contributed by atoms with van der Waals surface area (Å²) in [6, 6.07) is 10.0. The number of nitrogens with two attached hydrogens (primary N) is 1. The molecule has 0 bridgehead atoms. The van der Waals surface area contributed by atoms with Crippen molar-refractivity contribution in [2.24, 2.45) is 5.92 Å². The zero-order valence-electron chi connectivity index (χ0n) is 12.1. The number of para-hydroxylation sites is 1. The SMILES string of the molecule is COC(=O)C1CCN(Cc2cc3ccccc3nc2N)C1. The summed E-state index contributed by atoms with van der Waals surface area (Å²) in [5.74, 6) is 0.418. The van der Waals surface area contributed by atoms with Gasteiger partial charge in [-0.2, -0.15) is 0 Å². The van der Waals surface area contributed by atoms with E-state index in [-0.39, 0.29) is 11.9 Å². The lowest BCUT2D eigenvalue weighted by molar-refractivity contribution is -0.144. The average molecular weight is 285 g/mol. The first-order chi connectivity index (χ1) is 10.2. The first kappa shape index (κ1) is 13.8. The van der Waals surface area contributed by atoms with Crippen molar-refractivity contribution in [3.05, 3.63) is 35.9 Å². The maximum Gasteiger partial charge on any atom is 0.310 e. The monoisotopic (exact) mass is 285 g/mol. The number of rotatable bonds is 3. The molecule has 1 aromatic carbocycles. The van der Waals surface area contributed by atoms with Gasteiger partial charge in [0.25, 0.3) is 0 Å². The third-order valence-electron chi connectivity index (χ3n) is 4.04. The highest BCUT2D eigenvalue weighted by atomic mass is 16.5. The summed E-state index contributed by atoms with van der Waals surface area (Å²) in [6.07, 6.45) is 0.841. The van der Waals surface area contributed by atoms with Gasteiger partial charge in [0.2, 0.25) is 0 Å². The zero-order chi connectivity index (χ0) is 14.8. The molecule has 21 heavy (non-hydrogen) atoms. The van der Waals surface area contributed by atoms with Crippen LogP contribution in [0.25, 0.3) is 10.9 Å². The normalized spacial score (nSPS) is 19.0. The molecule has 110 valence electrons. The Labute approximate surface area is 123 Å². The van der Waals surface area contributed by atoms with Gasteiger partial charge in [-0.3, -0.25) is 9.69 Å². The van der Waals surface area contributed by atoms with Gasteiger partial charge >= 0.3 is 5.97 Å². The molecule has 5 nitrogen and oxygen atoms in total. The third kappa shape index (κ3) is 2.83. The highest BCUT2D eigenvalue weighted by Crippen LogP contribution is 2.23. The molecule has 1 aliphatic heterocycles. The fourth-order valence-corrected chi connectivity index (χ4v) is 2.88. The molecule has 1 unspecified atom stereocenters. The Hall–Kier alpha value is -2.14. The van der Waals surface area contributed by atoms with Gasteiger partial charge in [0.15, 0.2) is 0 Å². The number of hydrogen-bond donors (Lipinski definition) is 1. The molecule has 0 amide bonds. The van der Waals surface area contributed by atoms with Gasteiger partial charge in [-0.1, -0.05) is 18.2 Å². The van der Waals surface area contributed by atoms with Gasteiger partial charge in [0.05, 0.1) is 18.5 Å². The second-order valence-corrected chi connectivity index (χ2v) is 5.47. The van der Waals surface area contributed by atoms with E-state index in [1.807, 2.05) is 24.3 Å². The maximum atomic E-state index is 11.6. The topological polar surface area (TPSA) is 68.5 Å². The van der Waals surface area contributed by atoms with Crippen molar-refractivity contribution >= 4 is 22.7 Å². The number of anilines is 1. The fraction of sp³-hybridized carbons (Fsp3) is 0.375. The number of aromatic nitrogens is 1. The van der Waals surface area contributed by atoms with E-state index in [0.29, 0.717) is 5.82 Å². The number of nitrogen functional groups attached to an aromatic ring is 1. The number of likely N-dealkylation sites (tertiary alicyclic amines) is 1. The van der Waals surface area contributed by atoms with E-state index in [9.17, 15) is 4.79 Å². The van der Waals surface area contributed by atoms with Crippen LogP contribution in [0.3, 0.4) is 0 Å². The first-order valence-corrected chi connectivity index (χ1v) is 7.11. The Balaban J connectivity index is 1.76. The van der Waals surface area contributed by atoms with Crippen LogP contribution in [0.15, 0.2) is 30.3 Å². The summed E-state index contributed by atoms with van der Waals surface area (Å²) in [5, 5.41) is 1.09. The number of methoxy groups -OCH3 is 1. The molecular weight excluding hydrogens is 266 g/mol. The largest absolute Gasteiger partial charge is 0.469 e. The van der Waals surface area contributed by atoms with Crippen LogP contribution >= 0.6 is 0 Å². The third-order valence-corrected chi connectivity index (χ3v) is 4.04. The number of carbonyl (C=O) groups excluding carboxylic acids is 1. The Morgan fingerprint density at radius 2 is 2.29 bits per heavy atom. The van der Waals surface area contributed by atoms with Crippen molar-refractivity contribution in [1.29, 1.82) is 0 Å². The number of esters is 1. The van der Waals surface area contributed by atoms with Crippen molar-refractivity contribution in [3.8, 4) is 0 Å². The molecule has 1 aromatic heterocycles. The number of nitrogens with zero attached hydrogens (tertiary/aromatic N) is 2. The molecule has 0 spiro atoms. The molecule has 2 N–H and O–H groups in total. The van der Waals surface area contributed by atoms with Gasteiger partial charge in [-0.25, -0.2) is 4.98 Å². The lowest BCUT2D eigenvalue weighted by Gasteiger charge is -2.17. The van der Waals surface area contributed by atoms with E-state index in [0.717, 1.165) is 42.5 Å². The first-order valence-electron chi connectivity index (χ1n) is 7.11. The zero-order valence-corrected chi connectivity index (χ0v) is 12.1. The Morgan fingerprint density at radius 3 is 3.10 bits per heavy atom. The molecule has 0 saturated carbocycles. The van der Waals surface area contributed by atoms with Crippen molar-refractivity contribution < 1.29 is 9.53 Å². The van der Waals surface area contributed by atoms with Crippen LogP contribution in [0.5, 0.6) is 0 Å². The number of hydrogen-bond acceptors (Lipinski definition) is 5. The second-order valence-electron chi connectivity index (χ2n) is 5.47. The minimum atomic E-state index is -0.123. The molecule has 0 radical (unpaired) electrons. The number of carbonyl (C=O) groups is 1. The van der Waals surface area contributed by atoms with E-state index in [2.05, 4.69) is 16.0 Å². The predicted molar refractivity (Wildman–Crippen MR) is 81.6 cm³/mol. The van der Waals surface area contributed by atoms with E-state index >= 15 is 0 Å². The average Bonchev–Trinajstić information content (AvgIpc) is 2.96. The molecular formula is C16H19N3O2. The summed E-state index contributed by atoms with van der Waals surface area (Å²) in [7, 11) is 1.44. The summed E-state index contributed by atoms with van der Waals surface area (Å²) in [4.78, 5) is 18.2. The molecule has 1 saturated heterocycles. The van der Waals surface area contributed by atoms with E-state index in [1.54, 1.807) is 0 Å². The van der Waals surface area contributed by atoms with Gasteiger partial charge in [0.1, 0.15) is 5.82 Å². The Kier molecular flexibility index (Phi) is 3.75. The Morgan fingerprint density at radius 1 is 1.48 bits per heavy atom. The predicted octanol–water partition coefficient (Wildman–Crippen LogP) is 1.81. The van der Waals surface area contributed by atoms with Crippen molar-refractivity contribution in [3.63, 3.8) is 0 Å². The summed E-state index contributed by atoms with van der Waals surface area (Å²) < 4.78 is 4.81. The molecule has 3 rings (SSSR count). The number of pyridine rings is 1. The lowest BCUT2D eigenvalue weighted by Crippen LogP contribution is -2.24. The van der Waals surface area contributed by atoms with Gasteiger partial charge in [-0.05, 0) is 25.1 Å². The van der Waals surface area contributed by atoms with Crippen LogP contribution in [0.2, 0.25) is 0 Å². The molecule has 1 atom stereocenters. The quantitative estimate of drug-likeness (QED) is 0.871. The standard InChI is InChI=1S/C16H19N3O2/c1-21-16(20)12-6-7-19(9-12)10-13-8-11-4-2-3-5-14(11)18-15(13)17/h2-5,8,12H,6-7,9-10H2,1H3,(H2,17,18). The van der Waals surface area contributed by atoms with Gasteiger partial charge in [-0.15, -0.1) is 0 Å². The van der Waals surface area contributed by atoms with Crippen LogP contribution in [0, 0.1) is 5.92 Å². The number of fused-ring (bicyclic) bond motifs is 1. The molecule has 0 aliphatic carbocycles. The molecule has 1 fully saturated rings. The van der Waals surface area contributed by atoms with E-state index < -0.39 is 0 Å². The van der Waals surface area contributed by atoms with Crippen LogP contribution < -0.4 is 5.73 Å². The van der Waals surface area contributed by atoms with E-state index in [1.165, 1.54) is 7.11 Å². The molecule has 1 aliphatic rings. The van der Waals surface area contributed by atoms with Crippen molar-refractivity contribution in [2.75, 3.05) is 25.9 Å². The summed E-state index contributed by atoms with van der Waals surface area (Å²) >= 11 is 0. The second kappa shape index (κ2) is 5.69. The van der Waals surface area contributed by atoms with Crippen LogP contribution in [-0.4, -0.2) is 36.1 Å². The van der Waals surface area contributed by atoms with E-state index in [4.69, 9.17) is 10.5 Å². The smallest absolute Gasteiger partial charge is 0.310 e. The summed E-state index contributed by atoms with van der Waals surface area (Å²) in [6.45, 7) is 2.32. The Bertz CT molecular complexity index is 672. The van der Waals surface area contributed by atoms with Crippen LogP contribution in [0.4, 0.5) is 5.82 Å². The highest BCUT2D eigenvalue weighted by Gasteiger charge is 2.29. The van der Waals surface area contributed by atoms with Gasteiger partial charge in [0, 0.05) is 24.0 Å². The lowest BCUT2D eigenvalue weighted by atomic mass is 10.1. The molecule has 2 heterocycles. The highest BCUT2D eigenvalue weighted by molar-refractivity contribution is 5.81. The summed E-state index contributed by atoms with van der Waals surface area (Å²) in [5.41, 5.74) is 7.98. The van der Waals surface area contributed by atoms with Crippen LogP contribution in [-0.2, 0) is 16.1 Å². The molecule has 2 aromatic rings. The van der Waals surface area contributed by atoms with Gasteiger partial charge < -0.3 is 10.5 Å². The van der Waals surface area contributed by atoms with Crippen molar-refractivity contribution in [1.82, 2.24) is 9.88 Å².